The monoisotopic (exact) mass is 342 g/mol. The Bertz CT molecular complexity index is 763. The molecule has 2 rings (SSSR count). The summed E-state index contributed by atoms with van der Waals surface area (Å²) in [5.41, 5.74) is 0.152. The van der Waals surface area contributed by atoms with Gasteiger partial charge >= 0.3 is 0 Å². The van der Waals surface area contributed by atoms with E-state index < -0.39 is 16.4 Å². The second-order valence-electron chi connectivity index (χ2n) is 4.92. The van der Waals surface area contributed by atoms with Gasteiger partial charge in [-0.25, -0.2) is 21.5 Å². The van der Waals surface area contributed by atoms with E-state index >= 15 is 0 Å². The maximum atomic E-state index is 12.8. The lowest BCUT2D eigenvalue weighted by atomic mass is 10.1. The molecule has 0 fully saturated rings. The zero-order valence-corrected chi connectivity index (χ0v) is 13.4. The first-order valence-electron chi connectivity index (χ1n) is 6.68. The van der Waals surface area contributed by atoms with Gasteiger partial charge in [-0.1, -0.05) is 0 Å². The molecule has 2 aromatic rings. The molecule has 0 amide bonds. The maximum Gasteiger partial charge on any atom is 0.265 e. The van der Waals surface area contributed by atoms with Gasteiger partial charge in [-0.05, 0) is 30.3 Å². The molecule has 124 valence electrons. The Morgan fingerprint density at radius 2 is 1.83 bits per heavy atom. The Hall–Kier alpha value is -2.06. The van der Waals surface area contributed by atoms with Crippen LogP contribution in [0, 0.1) is 0 Å². The number of ether oxygens (including phenoxy) is 1. The average Bonchev–Trinajstić information content (AvgIpc) is 2.53. The van der Waals surface area contributed by atoms with Crippen LogP contribution in [0.15, 0.2) is 47.6 Å². The summed E-state index contributed by atoms with van der Waals surface area (Å²) in [5, 5.41) is 0. The van der Waals surface area contributed by atoms with Crippen LogP contribution >= 0.6 is 0 Å². The van der Waals surface area contributed by atoms with Gasteiger partial charge in [-0.3, -0.25) is 4.98 Å². The third-order valence-corrected chi connectivity index (χ3v) is 5.01. The third-order valence-electron chi connectivity index (χ3n) is 3.18. The van der Waals surface area contributed by atoms with Gasteiger partial charge in [-0.15, -0.1) is 0 Å². The maximum absolute atomic E-state index is 12.8. The van der Waals surface area contributed by atoms with Gasteiger partial charge in [0.15, 0.2) is 0 Å². The summed E-state index contributed by atoms with van der Waals surface area (Å²) in [6.45, 7) is -0.0536. The Labute approximate surface area is 133 Å². The van der Waals surface area contributed by atoms with E-state index in [1.54, 1.807) is 0 Å². The van der Waals surface area contributed by atoms with Crippen molar-refractivity contribution >= 4 is 10.0 Å². The molecular formula is C15H16F2N2O3S. The van der Waals surface area contributed by atoms with Crippen molar-refractivity contribution in [1.29, 1.82) is 0 Å². The van der Waals surface area contributed by atoms with Gasteiger partial charge < -0.3 is 4.74 Å². The number of alkyl halides is 2. The van der Waals surface area contributed by atoms with Gasteiger partial charge in [0.2, 0.25) is 10.0 Å². The number of rotatable bonds is 6. The molecule has 8 heteroatoms. The molecular weight excluding hydrogens is 326 g/mol. The molecule has 0 unspecified atom stereocenters. The van der Waals surface area contributed by atoms with E-state index in [4.69, 9.17) is 4.74 Å². The topological polar surface area (TPSA) is 59.5 Å². The molecule has 0 radical (unpaired) electrons. The number of hydrogen-bond donors (Lipinski definition) is 0. The van der Waals surface area contributed by atoms with Crippen LogP contribution in [0.3, 0.4) is 0 Å². The highest BCUT2D eigenvalue weighted by Gasteiger charge is 2.17. The van der Waals surface area contributed by atoms with Crippen molar-refractivity contribution in [1.82, 2.24) is 9.29 Å². The summed E-state index contributed by atoms with van der Waals surface area (Å²) < 4.78 is 56.1. The van der Waals surface area contributed by atoms with E-state index in [-0.39, 0.29) is 17.1 Å². The van der Waals surface area contributed by atoms with E-state index in [0.717, 1.165) is 10.5 Å². The molecule has 1 aromatic heterocycles. The predicted octanol–water partition coefficient (Wildman–Crippen LogP) is 2.85. The highest BCUT2D eigenvalue weighted by molar-refractivity contribution is 7.89. The molecule has 0 saturated carbocycles. The van der Waals surface area contributed by atoms with Crippen molar-refractivity contribution in [3.8, 4) is 5.75 Å². The minimum absolute atomic E-state index is 0.0536. The molecule has 1 heterocycles. The highest BCUT2D eigenvalue weighted by atomic mass is 32.2. The average molecular weight is 342 g/mol. The second kappa shape index (κ2) is 7.01. The second-order valence-corrected chi connectivity index (χ2v) is 7.07. The molecule has 0 N–H and O–H groups in total. The molecule has 0 saturated heterocycles. The fourth-order valence-corrected chi connectivity index (χ4v) is 2.74. The summed E-state index contributed by atoms with van der Waals surface area (Å²) in [7, 11) is -0.629. The lowest BCUT2D eigenvalue weighted by molar-refractivity contribution is 0.147. The lowest BCUT2D eigenvalue weighted by Crippen LogP contribution is -2.22. The van der Waals surface area contributed by atoms with E-state index in [1.165, 1.54) is 50.6 Å². The van der Waals surface area contributed by atoms with Crippen LogP contribution in [0.1, 0.15) is 17.6 Å². The number of sulfonamides is 1. The minimum Gasteiger partial charge on any atom is -0.489 e. The zero-order chi connectivity index (χ0) is 17.0. The van der Waals surface area contributed by atoms with Gasteiger partial charge in [-0.2, -0.15) is 0 Å². The van der Waals surface area contributed by atoms with Gasteiger partial charge in [0.1, 0.15) is 12.4 Å². The largest absolute Gasteiger partial charge is 0.489 e. The summed E-state index contributed by atoms with van der Waals surface area (Å²) >= 11 is 0. The first-order chi connectivity index (χ1) is 10.8. The molecule has 0 atom stereocenters. The molecule has 0 spiro atoms. The summed E-state index contributed by atoms with van der Waals surface area (Å²) in [6.07, 6.45) is -0.108. The molecule has 0 aliphatic carbocycles. The van der Waals surface area contributed by atoms with Crippen LogP contribution in [-0.2, 0) is 16.6 Å². The fourth-order valence-electron chi connectivity index (χ4n) is 1.84. The Morgan fingerprint density at radius 1 is 1.17 bits per heavy atom. The highest BCUT2D eigenvalue weighted by Crippen LogP contribution is 2.24. The van der Waals surface area contributed by atoms with Crippen molar-refractivity contribution in [3.05, 3.63) is 53.9 Å². The SMILES string of the molecule is CN(C)S(=O)(=O)c1ccc(OCc2ccncc2C(F)F)cc1. The van der Waals surface area contributed by atoms with E-state index in [9.17, 15) is 17.2 Å². The predicted molar refractivity (Wildman–Crippen MR) is 80.8 cm³/mol. The van der Waals surface area contributed by atoms with E-state index in [1.807, 2.05) is 0 Å². The van der Waals surface area contributed by atoms with Crippen LogP contribution in [0.4, 0.5) is 8.78 Å². The summed E-state index contributed by atoms with van der Waals surface area (Å²) in [6, 6.07) is 7.25. The van der Waals surface area contributed by atoms with Crippen molar-refractivity contribution in [3.63, 3.8) is 0 Å². The van der Waals surface area contributed by atoms with E-state index in [2.05, 4.69) is 4.98 Å². The van der Waals surface area contributed by atoms with Crippen molar-refractivity contribution in [2.24, 2.45) is 0 Å². The van der Waals surface area contributed by atoms with Gasteiger partial charge in [0.25, 0.3) is 6.43 Å². The van der Waals surface area contributed by atoms with Crippen molar-refractivity contribution in [2.75, 3.05) is 14.1 Å². The van der Waals surface area contributed by atoms with Crippen molar-refractivity contribution < 1.29 is 21.9 Å². The smallest absolute Gasteiger partial charge is 0.265 e. The number of nitrogens with zero attached hydrogens (tertiary/aromatic N) is 2. The van der Waals surface area contributed by atoms with E-state index in [0.29, 0.717) is 11.3 Å². The quantitative estimate of drug-likeness (QED) is 0.810. The number of pyridine rings is 1. The Morgan fingerprint density at radius 3 is 2.39 bits per heavy atom. The Kier molecular flexibility index (Phi) is 5.27. The first kappa shape index (κ1) is 17.3. The zero-order valence-electron chi connectivity index (χ0n) is 12.6. The molecule has 0 aliphatic heterocycles. The molecule has 1 aromatic carbocycles. The molecule has 0 aliphatic rings. The van der Waals surface area contributed by atoms with Crippen LogP contribution in [0.25, 0.3) is 0 Å². The standard InChI is InChI=1S/C15H16F2N2O3S/c1-19(2)23(20,21)13-5-3-12(4-6-13)22-10-11-7-8-18-9-14(11)15(16)17/h3-9,15H,10H2,1-2H3. The van der Waals surface area contributed by atoms with Gasteiger partial charge in [0.05, 0.1) is 4.90 Å². The van der Waals surface area contributed by atoms with Crippen molar-refractivity contribution in [2.45, 2.75) is 17.9 Å². The summed E-state index contributed by atoms with van der Waals surface area (Å²) in [4.78, 5) is 3.80. The minimum atomic E-state index is -3.51. The van der Waals surface area contributed by atoms with Gasteiger partial charge in [0, 0.05) is 37.6 Å². The molecule has 0 bridgehead atoms. The number of halogens is 2. The Balaban J connectivity index is 2.11. The van der Waals surface area contributed by atoms with Crippen LogP contribution in [-0.4, -0.2) is 31.8 Å². The number of aromatic nitrogens is 1. The number of benzene rings is 1. The third kappa shape index (κ3) is 4.02. The first-order valence-corrected chi connectivity index (χ1v) is 8.12. The summed E-state index contributed by atoms with van der Waals surface area (Å²) in [5.74, 6) is 0.389. The number of hydrogen-bond acceptors (Lipinski definition) is 4. The lowest BCUT2D eigenvalue weighted by Gasteiger charge is -2.13. The molecule has 5 nitrogen and oxygen atoms in total. The van der Waals surface area contributed by atoms with Crippen LogP contribution < -0.4 is 4.74 Å². The van der Waals surface area contributed by atoms with Crippen LogP contribution in [0.2, 0.25) is 0 Å². The normalized spacial score (nSPS) is 11.9. The molecule has 23 heavy (non-hydrogen) atoms. The fraction of sp³-hybridized carbons (Fsp3) is 0.267. The van der Waals surface area contributed by atoms with Crippen LogP contribution in [0.5, 0.6) is 5.75 Å².